The van der Waals surface area contributed by atoms with E-state index in [4.69, 9.17) is 5.11 Å². The number of carboxylic acids is 1. The van der Waals surface area contributed by atoms with Crippen LogP contribution in [0.25, 0.3) is 0 Å². The summed E-state index contributed by atoms with van der Waals surface area (Å²) in [5.74, 6) is -0.879. The first kappa shape index (κ1) is 10.6. The summed E-state index contributed by atoms with van der Waals surface area (Å²) < 4.78 is 0. The number of aromatic nitrogens is 2. The molecule has 0 radical (unpaired) electrons. The molecule has 4 nitrogen and oxygen atoms in total. The van der Waals surface area contributed by atoms with Gasteiger partial charge in [0.05, 0.1) is 17.8 Å². The molecule has 76 valence electrons. The molecule has 1 aromatic heterocycles. The van der Waals surface area contributed by atoms with Crippen LogP contribution in [0.1, 0.15) is 32.2 Å². The number of carbonyl (C=O) groups is 1. The Hall–Kier alpha value is -1.45. The van der Waals surface area contributed by atoms with Crippen molar-refractivity contribution in [3.63, 3.8) is 0 Å². The van der Waals surface area contributed by atoms with Gasteiger partial charge in [0.15, 0.2) is 0 Å². The lowest BCUT2D eigenvalue weighted by Crippen LogP contribution is -2.19. The third kappa shape index (κ3) is 2.52. The predicted molar refractivity (Wildman–Crippen MR) is 52.1 cm³/mol. The molecule has 0 aliphatic heterocycles. The number of nitrogens with zero attached hydrogens (tertiary/aromatic N) is 2. The summed E-state index contributed by atoms with van der Waals surface area (Å²) in [6.07, 6.45) is 3.04. The van der Waals surface area contributed by atoms with Crippen molar-refractivity contribution in [2.24, 2.45) is 0 Å². The fourth-order valence-corrected chi connectivity index (χ4v) is 1.27. The normalized spacial score (nSPS) is 11.4. The zero-order valence-corrected chi connectivity index (χ0v) is 8.61. The van der Waals surface area contributed by atoms with Gasteiger partial charge in [0.1, 0.15) is 0 Å². The Morgan fingerprint density at radius 1 is 1.36 bits per heavy atom. The molecule has 4 heteroatoms. The van der Waals surface area contributed by atoms with E-state index in [9.17, 15) is 4.79 Å². The molecule has 0 saturated heterocycles. The second-order valence-corrected chi connectivity index (χ2v) is 4.17. The molecule has 0 unspecified atom stereocenters. The Labute approximate surface area is 83.0 Å². The van der Waals surface area contributed by atoms with Crippen molar-refractivity contribution >= 4 is 5.97 Å². The molecule has 0 atom stereocenters. The van der Waals surface area contributed by atoms with Gasteiger partial charge in [0, 0.05) is 17.8 Å². The smallest absolute Gasteiger partial charge is 0.309 e. The van der Waals surface area contributed by atoms with Gasteiger partial charge < -0.3 is 5.11 Å². The van der Waals surface area contributed by atoms with E-state index in [1.54, 1.807) is 6.20 Å². The van der Waals surface area contributed by atoms with Gasteiger partial charge in [-0.25, -0.2) is 0 Å². The van der Waals surface area contributed by atoms with Crippen LogP contribution in [-0.4, -0.2) is 21.0 Å². The molecule has 0 fully saturated rings. The Morgan fingerprint density at radius 3 is 2.43 bits per heavy atom. The molecule has 0 spiro atoms. The Morgan fingerprint density at radius 2 is 1.93 bits per heavy atom. The van der Waals surface area contributed by atoms with Gasteiger partial charge in [-0.15, -0.1) is 0 Å². The Balaban J connectivity index is 3.10. The highest BCUT2D eigenvalue weighted by atomic mass is 16.4. The zero-order chi connectivity index (χ0) is 10.8. The van der Waals surface area contributed by atoms with Gasteiger partial charge in [0.25, 0.3) is 0 Å². The van der Waals surface area contributed by atoms with Crippen molar-refractivity contribution in [1.82, 2.24) is 9.97 Å². The third-order valence-electron chi connectivity index (χ3n) is 1.80. The topological polar surface area (TPSA) is 63.1 Å². The second-order valence-electron chi connectivity index (χ2n) is 4.17. The number of carboxylic acid groups (broad SMARTS) is 1. The maximum Gasteiger partial charge on any atom is 0.309 e. The summed E-state index contributed by atoms with van der Waals surface area (Å²) in [7, 11) is 0. The zero-order valence-electron chi connectivity index (χ0n) is 8.61. The van der Waals surface area contributed by atoms with Gasteiger partial charge >= 0.3 is 5.97 Å². The molecule has 1 heterocycles. The van der Waals surface area contributed by atoms with Crippen molar-refractivity contribution in [2.45, 2.75) is 32.6 Å². The van der Waals surface area contributed by atoms with Crippen LogP contribution in [0.3, 0.4) is 0 Å². The maximum atomic E-state index is 10.6. The molecule has 1 N–H and O–H groups in total. The standard InChI is InChI=1S/C10H14N2O2/c1-10(2,3)9-7(6-8(13)14)11-4-5-12-9/h4-5H,6H2,1-3H3,(H,13,14). The van der Waals surface area contributed by atoms with Gasteiger partial charge in [-0.1, -0.05) is 20.8 Å². The average molecular weight is 194 g/mol. The van der Waals surface area contributed by atoms with Gasteiger partial charge in [-0.2, -0.15) is 0 Å². The van der Waals surface area contributed by atoms with E-state index in [0.717, 1.165) is 5.69 Å². The largest absolute Gasteiger partial charge is 0.481 e. The molecule has 0 amide bonds. The summed E-state index contributed by atoms with van der Waals surface area (Å²) >= 11 is 0. The lowest BCUT2D eigenvalue weighted by Gasteiger charge is -2.19. The molecule has 1 rings (SSSR count). The van der Waals surface area contributed by atoms with Crippen LogP contribution in [0, 0.1) is 0 Å². The fourth-order valence-electron chi connectivity index (χ4n) is 1.27. The Kier molecular flexibility index (Phi) is 2.84. The fraction of sp³-hybridized carbons (Fsp3) is 0.500. The van der Waals surface area contributed by atoms with Crippen LogP contribution in [-0.2, 0) is 16.6 Å². The molecule has 0 aromatic carbocycles. The summed E-state index contributed by atoms with van der Waals surface area (Å²) in [5.41, 5.74) is 1.13. The van der Waals surface area contributed by atoms with E-state index < -0.39 is 5.97 Å². The molecule has 0 aliphatic carbocycles. The summed E-state index contributed by atoms with van der Waals surface area (Å²) in [6.45, 7) is 5.97. The van der Waals surface area contributed by atoms with Crippen molar-refractivity contribution in [2.75, 3.05) is 0 Å². The predicted octanol–water partition coefficient (Wildman–Crippen LogP) is 1.40. The lowest BCUT2D eigenvalue weighted by atomic mass is 9.89. The van der Waals surface area contributed by atoms with Crippen LogP contribution in [0.2, 0.25) is 0 Å². The van der Waals surface area contributed by atoms with Crippen molar-refractivity contribution in [3.8, 4) is 0 Å². The second kappa shape index (κ2) is 3.74. The van der Waals surface area contributed by atoms with E-state index in [1.807, 2.05) is 20.8 Å². The van der Waals surface area contributed by atoms with Crippen LogP contribution in [0.15, 0.2) is 12.4 Å². The molecule has 0 bridgehead atoms. The molecular formula is C10H14N2O2. The number of aliphatic carboxylic acids is 1. The van der Waals surface area contributed by atoms with E-state index in [1.165, 1.54) is 6.20 Å². The van der Waals surface area contributed by atoms with Crippen molar-refractivity contribution in [3.05, 3.63) is 23.8 Å². The van der Waals surface area contributed by atoms with E-state index in [-0.39, 0.29) is 11.8 Å². The van der Waals surface area contributed by atoms with Crippen LogP contribution in [0.5, 0.6) is 0 Å². The lowest BCUT2D eigenvalue weighted by molar-refractivity contribution is -0.136. The molecule has 0 saturated carbocycles. The van der Waals surface area contributed by atoms with Gasteiger partial charge in [-0.3, -0.25) is 14.8 Å². The highest BCUT2D eigenvalue weighted by molar-refractivity contribution is 5.69. The van der Waals surface area contributed by atoms with Crippen molar-refractivity contribution in [1.29, 1.82) is 0 Å². The summed E-state index contributed by atoms with van der Waals surface area (Å²) in [6, 6.07) is 0. The van der Waals surface area contributed by atoms with Crippen molar-refractivity contribution < 1.29 is 9.90 Å². The molecule has 0 aliphatic rings. The number of hydrogen-bond acceptors (Lipinski definition) is 3. The first-order chi connectivity index (χ1) is 6.41. The first-order valence-electron chi connectivity index (χ1n) is 4.43. The SMILES string of the molecule is CC(C)(C)c1nccnc1CC(=O)O. The van der Waals surface area contributed by atoms with Gasteiger partial charge in [-0.05, 0) is 0 Å². The maximum absolute atomic E-state index is 10.6. The molecular weight excluding hydrogens is 180 g/mol. The van der Waals surface area contributed by atoms with Crippen LogP contribution in [0.4, 0.5) is 0 Å². The quantitative estimate of drug-likeness (QED) is 0.773. The van der Waals surface area contributed by atoms with E-state index >= 15 is 0 Å². The highest BCUT2D eigenvalue weighted by Gasteiger charge is 2.21. The third-order valence-corrected chi connectivity index (χ3v) is 1.80. The number of hydrogen-bond donors (Lipinski definition) is 1. The minimum Gasteiger partial charge on any atom is -0.481 e. The monoisotopic (exact) mass is 194 g/mol. The minimum absolute atomic E-state index is 0.0690. The summed E-state index contributed by atoms with van der Waals surface area (Å²) in [4.78, 5) is 18.8. The number of rotatable bonds is 2. The molecule has 14 heavy (non-hydrogen) atoms. The average Bonchev–Trinajstić information content (AvgIpc) is 2.01. The van der Waals surface area contributed by atoms with E-state index in [2.05, 4.69) is 9.97 Å². The molecule has 1 aromatic rings. The highest BCUT2D eigenvalue weighted by Crippen LogP contribution is 2.22. The Bertz CT molecular complexity index is 342. The first-order valence-corrected chi connectivity index (χ1v) is 4.43. The minimum atomic E-state index is -0.879. The van der Waals surface area contributed by atoms with E-state index in [0.29, 0.717) is 5.69 Å². The van der Waals surface area contributed by atoms with Crippen LogP contribution >= 0.6 is 0 Å². The van der Waals surface area contributed by atoms with Crippen LogP contribution < -0.4 is 0 Å². The summed E-state index contributed by atoms with van der Waals surface area (Å²) in [5, 5.41) is 8.69. The van der Waals surface area contributed by atoms with Gasteiger partial charge in [0.2, 0.25) is 0 Å².